The third-order valence-electron chi connectivity index (χ3n) is 4.05. The van der Waals surface area contributed by atoms with Crippen LogP contribution in [0.1, 0.15) is 33.1 Å². The number of nitrogens with zero attached hydrogens (tertiary/aromatic N) is 3. The van der Waals surface area contributed by atoms with E-state index in [9.17, 15) is 4.79 Å². The van der Waals surface area contributed by atoms with Crippen LogP contribution in [0.4, 0.5) is 5.82 Å². The molecule has 112 valence electrons. The second-order valence-corrected chi connectivity index (χ2v) is 6.52. The van der Waals surface area contributed by atoms with E-state index in [2.05, 4.69) is 22.2 Å². The molecule has 0 aliphatic carbocycles. The Labute approximate surface area is 128 Å². The number of carbonyl (C=O) groups is 1. The SMILES string of the molecule is C[C@@H]1CCCCN1C(=O)[C@@H](C)Nc1ncnc2ccsc12. The van der Waals surface area contributed by atoms with Crippen LogP contribution in [0.5, 0.6) is 0 Å². The zero-order valence-electron chi connectivity index (χ0n) is 12.4. The average Bonchev–Trinajstić information content (AvgIpc) is 2.96. The lowest BCUT2D eigenvalue weighted by Gasteiger charge is -2.35. The molecule has 3 heterocycles. The van der Waals surface area contributed by atoms with Crippen LogP contribution in [0.2, 0.25) is 0 Å². The van der Waals surface area contributed by atoms with E-state index in [4.69, 9.17) is 0 Å². The highest BCUT2D eigenvalue weighted by atomic mass is 32.1. The van der Waals surface area contributed by atoms with Gasteiger partial charge in [-0.3, -0.25) is 4.79 Å². The number of carbonyl (C=O) groups excluding carboxylic acids is 1. The molecule has 1 amide bonds. The van der Waals surface area contributed by atoms with Crippen LogP contribution in [0.3, 0.4) is 0 Å². The number of anilines is 1. The van der Waals surface area contributed by atoms with E-state index in [0.29, 0.717) is 6.04 Å². The van der Waals surface area contributed by atoms with Crippen LogP contribution < -0.4 is 5.32 Å². The zero-order chi connectivity index (χ0) is 14.8. The molecule has 1 saturated heterocycles. The minimum atomic E-state index is -0.272. The molecule has 1 aliphatic heterocycles. The van der Waals surface area contributed by atoms with Crippen molar-refractivity contribution in [3.05, 3.63) is 17.8 Å². The molecule has 1 aliphatic rings. The lowest BCUT2D eigenvalue weighted by molar-refractivity contribution is -0.134. The first-order valence-electron chi connectivity index (χ1n) is 7.42. The molecule has 2 atom stereocenters. The highest BCUT2D eigenvalue weighted by molar-refractivity contribution is 7.17. The maximum absolute atomic E-state index is 12.6. The predicted octanol–water partition coefficient (Wildman–Crippen LogP) is 2.89. The Bertz CT molecular complexity index is 641. The summed E-state index contributed by atoms with van der Waals surface area (Å²) in [5, 5.41) is 5.25. The van der Waals surface area contributed by atoms with Crippen LogP contribution in [0.25, 0.3) is 10.2 Å². The number of hydrogen-bond acceptors (Lipinski definition) is 5. The van der Waals surface area contributed by atoms with Crippen molar-refractivity contribution in [1.82, 2.24) is 14.9 Å². The molecule has 0 bridgehead atoms. The zero-order valence-corrected chi connectivity index (χ0v) is 13.2. The van der Waals surface area contributed by atoms with Gasteiger partial charge in [0.2, 0.25) is 5.91 Å². The summed E-state index contributed by atoms with van der Waals surface area (Å²) < 4.78 is 1.00. The second kappa shape index (κ2) is 5.97. The van der Waals surface area contributed by atoms with Gasteiger partial charge in [-0.05, 0) is 44.6 Å². The Kier molecular flexibility index (Phi) is 4.05. The second-order valence-electron chi connectivity index (χ2n) is 5.60. The Morgan fingerprint density at radius 1 is 1.48 bits per heavy atom. The van der Waals surface area contributed by atoms with Gasteiger partial charge in [-0.2, -0.15) is 0 Å². The largest absolute Gasteiger partial charge is 0.357 e. The number of rotatable bonds is 3. The van der Waals surface area contributed by atoms with E-state index in [1.807, 2.05) is 23.3 Å². The minimum Gasteiger partial charge on any atom is -0.357 e. The first-order chi connectivity index (χ1) is 10.2. The summed E-state index contributed by atoms with van der Waals surface area (Å²) in [7, 11) is 0. The topological polar surface area (TPSA) is 58.1 Å². The van der Waals surface area contributed by atoms with Gasteiger partial charge in [0.1, 0.15) is 18.2 Å². The summed E-state index contributed by atoms with van der Waals surface area (Å²) in [6.07, 6.45) is 4.96. The number of piperidine rings is 1. The Morgan fingerprint density at radius 2 is 2.33 bits per heavy atom. The monoisotopic (exact) mass is 304 g/mol. The van der Waals surface area contributed by atoms with Gasteiger partial charge in [0.05, 0.1) is 10.2 Å². The maximum atomic E-state index is 12.6. The molecule has 5 nitrogen and oxygen atoms in total. The smallest absolute Gasteiger partial charge is 0.245 e. The van der Waals surface area contributed by atoms with Crippen LogP contribution in [-0.4, -0.2) is 39.4 Å². The maximum Gasteiger partial charge on any atom is 0.245 e. The van der Waals surface area contributed by atoms with Crippen molar-refractivity contribution in [2.75, 3.05) is 11.9 Å². The highest BCUT2D eigenvalue weighted by Gasteiger charge is 2.27. The fraction of sp³-hybridized carbons (Fsp3) is 0.533. The van der Waals surface area contributed by atoms with Crippen molar-refractivity contribution >= 4 is 33.3 Å². The van der Waals surface area contributed by atoms with Crippen LogP contribution in [0.15, 0.2) is 17.8 Å². The molecule has 0 unspecified atom stereocenters. The lowest BCUT2D eigenvalue weighted by Crippen LogP contribution is -2.48. The molecule has 6 heteroatoms. The van der Waals surface area contributed by atoms with E-state index in [1.54, 1.807) is 11.3 Å². The lowest BCUT2D eigenvalue weighted by atomic mass is 10.0. The number of fused-ring (bicyclic) bond motifs is 1. The molecule has 21 heavy (non-hydrogen) atoms. The molecular formula is C15H20N4OS. The molecular weight excluding hydrogens is 284 g/mol. The quantitative estimate of drug-likeness (QED) is 0.947. The predicted molar refractivity (Wildman–Crippen MR) is 85.5 cm³/mol. The number of likely N-dealkylation sites (tertiary alicyclic amines) is 1. The van der Waals surface area contributed by atoms with Gasteiger partial charge in [-0.1, -0.05) is 0 Å². The van der Waals surface area contributed by atoms with Gasteiger partial charge < -0.3 is 10.2 Å². The summed E-state index contributed by atoms with van der Waals surface area (Å²) >= 11 is 1.59. The number of nitrogens with one attached hydrogen (secondary N) is 1. The standard InChI is InChI=1S/C15H20N4OS/c1-10-5-3-4-7-19(10)15(20)11(2)18-14-13-12(6-8-21-13)16-9-17-14/h6,8-11H,3-5,7H2,1-2H3,(H,16,17,18)/t10-,11-/m1/s1. The summed E-state index contributed by atoms with van der Waals surface area (Å²) in [6.45, 7) is 4.90. The minimum absolute atomic E-state index is 0.158. The third kappa shape index (κ3) is 2.85. The van der Waals surface area contributed by atoms with Crippen LogP contribution in [-0.2, 0) is 4.79 Å². The van der Waals surface area contributed by atoms with E-state index >= 15 is 0 Å². The first kappa shape index (κ1) is 14.3. The van der Waals surface area contributed by atoms with Crippen molar-refractivity contribution < 1.29 is 4.79 Å². The third-order valence-corrected chi connectivity index (χ3v) is 4.96. The molecule has 0 spiro atoms. The summed E-state index contributed by atoms with van der Waals surface area (Å²) in [6, 6.07) is 2.03. The van der Waals surface area contributed by atoms with Crippen molar-refractivity contribution in [2.24, 2.45) is 0 Å². The highest BCUT2D eigenvalue weighted by Crippen LogP contribution is 2.26. The van der Waals surface area contributed by atoms with Crippen molar-refractivity contribution in [1.29, 1.82) is 0 Å². The van der Waals surface area contributed by atoms with Crippen molar-refractivity contribution in [3.8, 4) is 0 Å². The van der Waals surface area contributed by atoms with Gasteiger partial charge in [-0.15, -0.1) is 11.3 Å². The summed E-state index contributed by atoms with van der Waals surface area (Å²) in [5.74, 6) is 0.908. The van der Waals surface area contributed by atoms with E-state index in [-0.39, 0.29) is 11.9 Å². The molecule has 2 aromatic rings. The van der Waals surface area contributed by atoms with Gasteiger partial charge in [0.15, 0.2) is 0 Å². The molecule has 1 fully saturated rings. The molecule has 0 aromatic carbocycles. The van der Waals surface area contributed by atoms with Gasteiger partial charge in [0, 0.05) is 12.6 Å². The van der Waals surface area contributed by atoms with E-state index in [1.165, 1.54) is 12.7 Å². The first-order valence-corrected chi connectivity index (χ1v) is 8.30. The van der Waals surface area contributed by atoms with Gasteiger partial charge in [0.25, 0.3) is 0 Å². The fourth-order valence-corrected chi connectivity index (χ4v) is 3.63. The average molecular weight is 304 g/mol. The summed E-state index contributed by atoms with van der Waals surface area (Å²) in [5.41, 5.74) is 0.920. The number of hydrogen-bond donors (Lipinski definition) is 1. The molecule has 1 N–H and O–H groups in total. The Balaban J connectivity index is 1.75. The van der Waals surface area contributed by atoms with Crippen molar-refractivity contribution in [3.63, 3.8) is 0 Å². The summed E-state index contributed by atoms with van der Waals surface area (Å²) in [4.78, 5) is 23.1. The number of thiophene rings is 1. The molecule has 3 rings (SSSR count). The van der Waals surface area contributed by atoms with E-state index in [0.717, 1.165) is 35.4 Å². The normalized spacial score (nSPS) is 20.5. The van der Waals surface area contributed by atoms with Crippen LogP contribution >= 0.6 is 11.3 Å². The van der Waals surface area contributed by atoms with Crippen molar-refractivity contribution in [2.45, 2.75) is 45.2 Å². The molecule has 2 aromatic heterocycles. The Hall–Kier alpha value is -1.69. The van der Waals surface area contributed by atoms with Crippen LogP contribution in [0, 0.1) is 0 Å². The van der Waals surface area contributed by atoms with Gasteiger partial charge in [-0.25, -0.2) is 9.97 Å². The number of aromatic nitrogens is 2. The number of amides is 1. The van der Waals surface area contributed by atoms with E-state index < -0.39 is 0 Å². The molecule has 0 radical (unpaired) electrons. The molecule has 0 saturated carbocycles. The Morgan fingerprint density at radius 3 is 3.14 bits per heavy atom. The van der Waals surface area contributed by atoms with Gasteiger partial charge >= 0.3 is 0 Å². The fourth-order valence-electron chi connectivity index (χ4n) is 2.83.